The molecule has 1 aliphatic rings. The molecule has 0 saturated heterocycles. The van der Waals surface area contributed by atoms with E-state index in [9.17, 15) is 9.59 Å². The van der Waals surface area contributed by atoms with Crippen LogP contribution in [-0.4, -0.2) is 30.2 Å². The molecule has 0 radical (unpaired) electrons. The Labute approximate surface area is 121 Å². The third-order valence-corrected chi connectivity index (χ3v) is 3.42. The summed E-state index contributed by atoms with van der Waals surface area (Å²) in [5.74, 6) is 0.354. The first-order valence-electron chi connectivity index (χ1n) is 7.46. The van der Waals surface area contributed by atoms with Crippen molar-refractivity contribution < 1.29 is 14.3 Å². The molecule has 0 unspecified atom stereocenters. The molecule has 5 nitrogen and oxygen atoms in total. The second-order valence-corrected chi connectivity index (χ2v) is 6.84. The van der Waals surface area contributed by atoms with Crippen molar-refractivity contribution in [2.24, 2.45) is 11.8 Å². The Morgan fingerprint density at radius 1 is 1.25 bits per heavy atom. The number of amides is 2. The number of nitrogens with one attached hydrogen (secondary N) is 2. The van der Waals surface area contributed by atoms with Crippen molar-refractivity contribution in [2.45, 2.75) is 65.5 Å². The normalized spacial score (nSPS) is 22.7. The highest BCUT2D eigenvalue weighted by Crippen LogP contribution is 2.25. The van der Waals surface area contributed by atoms with Gasteiger partial charge in [-0.2, -0.15) is 0 Å². The minimum absolute atomic E-state index is 0.00586. The van der Waals surface area contributed by atoms with E-state index in [1.54, 1.807) is 0 Å². The monoisotopic (exact) mass is 284 g/mol. The molecule has 0 bridgehead atoms. The van der Waals surface area contributed by atoms with Crippen LogP contribution in [0.15, 0.2) is 0 Å². The smallest absolute Gasteiger partial charge is 0.407 e. The second kappa shape index (κ2) is 6.95. The largest absolute Gasteiger partial charge is 0.444 e. The van der Waals surface area contributed by atoms with E-state index in [4.69, 9.17) is 4.74 Å². The lowest BCUT2D eigenvalue weighted by molar-refractivity contribution is -0.124. The molecule has 2 atom stereocenters. The highest BCUT2D eigenvalue weighted by atomic mass is 16.6. The molecule has 2 N–H and O–H groups in total. The molecule has 2 amide bonds. The zero-order valence-electron chi connectivity index (χ0n) is 13.3. The van der Waals surface area contributed by atoms with Crippen LogP contribution in [0.5, 0.6) is 0 Å². The maximum atomic E-state index is 11.8. The summed E-state index contributed by atoms with van der Waals surface area (Å²) >= 11 is 0. The Bertz CT molecular complexity index is 348. The first kappa shape index (κ1) is 16.8. The molecule has 0 aromatic rings. The van der Waals surface area contributed by atoms with E-state index in [-0.39, 0.29) is 24.0 Å². The fourth-order valence-corrected chi connectivity index (χ4v) is 2.37. The average molecular weight is 284 g/mol. The van der Waals surface area contributed by atoms with E-state index in [0.717, 1.165) is 19.3 Å². The Morgan fingerprint density at radius 3 is 2.45 bits per heavy atom. The topological polar surface area (TPSA) is 67.4 Å². The third kappa shape index (κ3) is 5.80. The summed E-state index contributed by atoms with van der Waals surface area (Å²) in [5.41, 5.74) is -0.482. The number of alkyl carbamates (subject to hydrolysis) is 1. The lowest BCUT2D eigenvalue weighted by atomic mass is 10.0. The van der Waals surface area contributed by atoms with Crippen LogP contribution in [-0.2, 0) is 9.53 Å². The molecule has 0 spiro atoms. The fourth-order valence-electron chi connectivity index (χ4n) is 2.37. The van der Waals surface area contributed by atoms with E-state index >= 15 is 0 Å². The zero-order chi connectivity index (χ0) is 15.3. The van der Waals surface area contributed by atoms with Crippen LogP contribution >= 0.6 is 0 Å². The minimum Gasteiger partial charge on any atom is -0.444 e. The quantitative estimate of drug-likeness (QED) is 0.833. The van der Waals surface area contributed by atoms with Gasteiger partial charge in [0.05, 0.1) is 0 Å². The van der Waals surface area contributed by atoms with Gasteiger partial charge in [0.1, 0.15) is 5.60 Å². The second-order valence-electron chi connectivity index (χ2n) is 6.84. The highest BCUT2D eigenvalue weighted by molar-refractivity contribution is 5.77. The van der Waals surface area contributed by atoms with Crippen LogP contribution in [0.3, 0.4) is 0 Å². The Balaban J connectivity index is 2.41. The van der Waals surface area contributed by atoms with Crippen molar-refractivity contribution in [1.82, 2.24) is 10.6 Å². The molecule has 20 heavy (non-hydrogen) atoms. The van der Waals surface area contributed by atoms with Crippen LogP contribution in [0.4, 0.5) is 4.79 Å². The van der Waals surface area contributed by atoms with Gasteiger partial charge < -0.3 is 15.4 Å². The van der Waals surface area contributed by atoms with E-state index < -0.39 is 5.60 Å². The van der Waals surface area contributed by atoms with Crippen molar-refractivity contribution in [3.63, 3.8) is 0 Å². The maximum absolute atomic E-state index is 11.8. The van der Waals surface area contributed by atoms with E-state index in [1.807, 2.05) is 34.6 Å². The van der Waals surface area contributed by atoms with Gasteiger partial charge in [0, 0.05) is 18.5 Å². The van der Waals surface area contributed by atoms with Crippen molar-refractivity contribution in [1.29, 1.82) is 0 Å². The molecule has 1 fully saturated rings. The lowest BCUT2D eigenvalue weighted by Crippen LogP contribution is -2.44. The van der Waals surface area contributed by atoms with Gasteiger partial charge in [0.15, 0.2) is 0 Å². The molecule has 0 aromatic heterocycles. The standard InChI is InChI=1S/C15H28N2O3/c1-10(2)13(18)16-9-11-7-6-8-12(11)17-14(19)20-15(3,4)5/h10-12H,6-9H2,1-5H3,(H,16,18)(H,17,19)/t11-,12-/m0/s1. The van der Waals surface area contributed by atoms with Gasteiger partial charge in [-0.25, -0.2) is 4.79 Å². The Kier molecular flexibility index (Phi) is 5.84. The molecule has 0 aliphatic heterocycles. The van der Waals surface area contributed by atoms with Gasteiger partial charge in [0.2, 0.25) is 5.91 Å². The van der Waals surface area contributed by atoms with Gasteiger partial charge >= 0.3 is 6.09 Å². The lowest BCUT2D eigenvalue weighted by Gasteiger charge is -2.25. The molecule has 0 aromatic carbocycles. The van der Waals surface area contributed by atoms with Gasteiger partial charge in [-0.1, -0.05) is 20.3 Å². The first-order valence-corrected chi connectivity index (χ1v) is 7.46. The van der Waals surface area contributed by atoms with Crippen molar-refractivity contribution in [2.75, 3.05) is 6.54 Å². The summed E-state index contributed by atoms with van der Waals surface area (Å²) < 4.78 is 5.27. The van der Waals surface area contributed by atoms with E-state index in [0.29, 0.717) is 12.5 Å². The predicted molar refractivity (Wildman–Crippen MR) is 78.3 cm³/mol. The van der Waals surface area contributed by atoms with Gasteiger partial charge in [-0.3, -0.25) is 4.79 Å². The van der Waals surface area contributed by atoms with Crippen molar-refractivity contribution in [3.8, 4) is 0 Å². The number of carbonyl (C=O) groups is 2. The summed E-state index contributed by atoms with van der Waals surface area (Å²) in [4.78, 5) is 23.4. The van der Waals surface area contributed by atoms with Crippen LogP contribution in [0.2, 0.25) is 0 Å². The molecule has 5 heteroatoms. The zero-order valence-corrected chi connectivity index (χ0v) is 13.3. The first-order chi connectivity index (χ1) is 9.19. The molecule has 0 heterocycles. The van der Waals surface area contributed by atoms with E-state index in [1.165, 1.54) is 0 Å². The summed E-state index contributed by atoms with van der Waals surface area (Å²) in [6, 6.07) is 0.0947. The van der Waals surface area contributed by atoms with Gasteiger partial charge in [-0.15, -0.1) is 0 Å². The SMILES string of the molecule is CC(C)C(=O)NC[C@@H]1CCC[C@@H]1NC(=O)OC(C)(C)C. The van der Waals surface area contributed by atoms with Crippen molar-refractivity contribution in [3.05, 3.63) is 0 Å². The number of hydrogen-bond donors (Lipinski definition) is 2. The molecule has 1 aliphatic carbocycles. The molecular weight excluding hydrogens is 256 g/mol. The molecular formula is C15H28N2O3. The maximum Gasteiger partial charge on any atom is 0.407 e. The summed E-state index contributed by atoms with van der Waals surface area (Å²) in [6.07, 6.45) is 2.67. The van der Waals surface area contributed by atoms with Gasteiger partial charge in [0.25, 0.3) is 0 Å². The summed E-state index contributed by atoms with van der Waals surface area (Å²) in [7, 11) is 0. The van der Waals surface area contributed by atoms with Gasteiger partial charge in [-0.05, 0) is 39.5 Å². The third-order valence-electron chi connectivity index (χ3n) is 3.42. The molecule has 1 saturated carbocycles. The fraction of sp³-hybridized carbons (Fsp3) is 0.867. The number of rotatable bonds is 4. The van der Waals surface area contributed by atoms with Crippen LogP contribution < -0.4 is 10.6 Å². The van der Waals surface area contributed by atoms with Crippen LogP contribution in [0, 0.1) is 11.8 Å². The minimum atomic E-state index is -0.482. The average Bonchev–Trinajstić information content (AvgIpc) is 2.70. The summed E-state index contributed by atoms with van der Waals surface area (Å²) in [5, 5.41) is 5.87. The number of carbonyl (C=O) groups excluding carboxylic acids is 2. The highest BCUT2D eigenvalue weighted by Gasteiger charge is 2.30. The Morgan fingerprint density at radius 2 is 1.90 bits per heavy atom. The van der Waals surface area contributed by atoms with Crippen LogP contribution in [0.25, 0.3) is 0 Å². The predicted octanol–water partition coefficient (Wildman–Crippen LogP) is 2.45. The summed E-state index contributed by atoms with van der Waals surface area (Å²) in [6.45, 7) is 9.92. The van der Waals surface area contributed by atoms with E-state index in [2.05, 4.69) is 10.6 Å². The Hall–Kier alpha value is -1.26. The molecule has 1 rings (SSSR count). The van der Waals surface area contributed by atoms with Crippen molar-refractivity contribution >= 4 is 12.0 Å². The number of ether oxygens (including phenoxy) is 1. The molecule has 116 valence electrons. The van der Waals surface area contributed by atoms with Crippen LogP contribution in [0.1, 0.15) is 53.9 Å². The number of hydrogen-bond acceptors (Lipinski definition) is 3.